The largest absolute Gasteiger partial charge is 0.343 e. The summed E-state index contributed by atoms with van der Waals surface area (Å²) in [4.78, 5) is 42.4. The zero-order valence-electron chi connectivity index (χ0n) is 23.8. The van der Waals surface area contributed by atoms with Crippen molar-refractivity contribution in [2.45, 2.75) is 65.5 Å². The van der Waals surface area contributed by atoms with E-state index in [1.54, 1.807) is 28.5 Å². The van der Waals surface area contributed by atoms with E-state index in [9.17, 15) is 23.2 Å². The van der Waals surface area contributed by atoms with Gasteiger partial charge >= 0.3 is 0 Å². The maximum Gasteiger partial charge on any atom is 0.248 e. The smallest absolute Gasteiger partial charge is 0.248 e. The van der Waals surface area contributed by atoms with Crippen LogP contribution < -0.4 is 0 Å². The average molecular weight is 567 g/mol. The summed E-state index contributed by atoms with van der Waals surface area (Å²) >= 11 is 0. The summed E-state index contributed by atoms with van der Waals surface area (Å²) in [6.45, 7) is 8.31. The van der Waals surface area contributed by atoms with Crippen LogP contribution in [0.4, 0.5) is 8.78 Å². The van der Waals surface area contributed by atoms with E-state index in [-0.39, 0.29) is 29.7 Å². The Morgan fingerprint density at radius 3 is 2.05 bits per heavy atom. The monoisotopic (exact) mass is 566 g/mol. The zero-order chi connectivity index (χ0) is 29.7. The van der Waals surface area contributed by atoms with Crippen molar-refractivity contribution in [2.24, 2.45) is 21.5 Å². The molecule has 41 heavy (non-hydrogen) atoms. The van der Waals surface area contributed by atoms with Gasteiger partial charge in [0.05, 0.1) is 11.7 Å². The quantitative estimate of drug-likeness (QED) is 0.529. The molecular formula is C30H36F2N6O3. The third-order valence-electron chi connectivity index (χ3n) is 7.32. The van der Waals surface area contributed by atoms with Crippen molar-refractivity contribution in [3.05, 3.63) is 65.5 Å². The van der Waals surface area contributed by atoms with Gasteiger partial charge in [0.2, 0.25) is 17.7 Å². The van der Waals surface area contributed by atoms with Crippen molar-refractivity contribution in [3.63, 3.8) is 0 Å². The van der Waals surface area contributed by atoms with Crippen LogP contribution in [-0.2, 0) is 14.4 Å². The molecule has 11 heteroatoms. The molecule has 1 fully saturated rings. The van der Waals surface area contributed by atoms with Gasteiger partial charge in [-0.05, 0) is 42.7 Å². The molecule has 3 aliphatic rings. The minimum atomic E-state index is -0.668. The minimum Gasteiger partial charge on any atom is -0.343 e. The number of pyridine rings is 1. The Kier molecular flexibility index (Phi) is 9.25. The molecule has 2 aromatic rings. The number of benzene rings is 1. The molecule has 0 N–H and O–H groups in total. The summed E-state index contributed by atoms with van der Waals surface area (Å²) in [7, 11) is 0. The third kappa shape index (κ3) is 7.20. The van der Waals surface area contributed by atoms with Crippen LogP contribution in [0.2, 0.25) is 0 Å². The average Bonchev–Trinajstić information content (AvgIpc) is 3.62. The first-order valence-corrected chi connectivity index (χ1v) is 13.8. The number of likely N-dealkylation sites (tertiary alicyclic amines) is 1. The Morgan fingerprint density at radius 1 is 0.878 bits per heavy atom. The van der Waals surface area contributed by atoms with Crippen molar-refractivity contribution < 1.29 is 23.2 Å². The van der Waals surface area contributed by atoms with Crippen LogP contribution in [0, 0.1) is 23.0 Å². The van der Waals surface area contributed by atoms with Crippen LogP contribution in [0.1, 0.15) is 76.7 Å². The van der Waals surface area contributed by atoms with Crippen LogP contribution in [0.15, 0.2) is 52.8 Å². The Hall–Kier alpha value is -4.02. The summed E-state index contributed by atoms with van der Waals surface area (Å²) in [6, 6.07) is 8.49. The maximum atomic E-state index is 13.5. The van der Waals surface area contributed by atoms with Crippen LogP contribution in [-0.4, -0.2) is 63.1 Å². The predicted molar refractivity (Wildman–Crippen MR) is 150 cm³/mol. The highest BCUT2D eigenvalue weighted by atomic mass is 19.1. The Morgan fingerprint density at radius 2 is 1.49 bits per heavy atom. The Labute approximate surface area is 238 Å². The molecule has 218 valence electrons. The van der Waals surface area contributed by atoms with E-state index in [2.05, 4.69) is 15.2 Å². The van der Waals surface area contributed by atoms with E-state index < -0.39 is 23.1 Å². The molecule has 1 saturated heterocycles. The minimum absolute atomic E-state index is 0.00760. The molecule has 5 rings (SSSR count). The van der Waals surface area contributed by atoms with Gasteiger partial charge in [-0.1, -0.05) is 26.8 Å². The molecule has 0 radical (unpaired) electrons. The highest BCUT2D eigenvalue weighted by molar-refractivity contribution is 5.84. The molecule has 1 aromatic carbocycles. The maximum absolute atomic E-state index is 13.5. The molecule has 1 aromatic heterocycles. The number of halogens is 2. The van der Waals surface area contributed by atoms with Crippen LogP contribution in [0.5, 0.6) is 0 Å². The lowest BCUT2D eigenvalue weighted by molar-refractivity contribution is -0.141. The van der Waals surface area contributed by atoms with Gasteiger partial charge in [0.25, 0.3) is 0 Å². The molecule has 0 spiro atoms. The van der Waals surface area contributed by atoms with Crippen molar-refractivity contribution >= 4 is 30.2 Å². The Bertz CT molecular complexity index is 1300. The van der Waals surface area contributed by atoms with Gasteiger partial charge in [-0.2, -0.15) is 10.2 Å². The lowest BCUT2D eigenvalue weighted by Gasteiger charge is -2.33. The summed E-state index contributed by atoms with van der Waals surface area (Å²) in [5.74, 6) is -1.67. The van der Waals surface area contributed by atoms with Crippen LogP contribution >= 0.6 is 0 Å². The van der Waals surface area contributed by atoms with Gasteiger partial charge in [0.15, 0.2) is 0 Å². The molecule has 0 aliphatic carbocycles. The van der Waals surface area contributed by atoms with Gasteiger partial charge in [-0.25, -0.2) is 18.8 Å². The number of hydrazone groups is 2. The molecule has 4 heterocycles. The summed E-state index contributed by atoms with van der Waals surface area (Å²) in [5.41, 5.74) is 0.872. The molecule has 9 nitrogen and oxygen atoms in total. The second-order valence-corrected chi connectivity index (χ2v) is 11.4. The first-order chi connectivity index (χ1) is 19.5. The first-order valence-electron chi connectivity index (χ1n) is 13.8. The van der Waals surface area contributed by atoms with Gasteiger partial charge in [0, 0.05) is 68.9 Å². The normalized spacial score (nSPS) is 20.7. The molecule has 3 amide bonds. The van der Waals surface area contributed by atoms with Crippen molar-refractivity contribution in [3.8, 4) is 0 Å². The van der Waals surface area contributed by atoms with Gasteiger partial charge in [-0.3, -0.25) is 19.4 Å². The number of nitrogens with zero attached hydrogens (tertiary/aromatic N) is 6. The number of amides is 3. The van der Waals surface area contributed by atoms with Gasteiger partial charge in [0.1, 0.15) is 17.7 Å². The number of piperidine rings is 1. The van der Waals surface area contributed by atoms with Crippen LogP contribution in [0.25, 0.3) is 0 Å². The third-order valence-corrected chi connectivity index (χ3v) is 7.32. The molecule has 2 atom stereocenters. The molecule has 3 aliphatic heterocycles. The van der Waals surface area contributed by atoms with E-state index in [1.807, 2.05) is 39.0 Å². The Balaban J connectivity index is 0.000000201. The molecular weight excluding hydrogens is 530 g/mol. The number of carbonyl (C=O) groups excluding carboxylic acids is 3. The number of hydrogen-bond donors (Lipinski definition) is 0. The second kappa shape index (κ2) is 12.7. The van der Waals surface area contributed by atoms with Gasteiger partial charge < -0.3 is 4.90 Å². The van der Waals surface area contributed by atoms with Crippen molar-refractivity contribution in [2.75, 3.05) is 13.1 Å². The lowest BCUT2D eigenvalue weighted by atomic mass is 9.94. The predicted octanol–water partition coefficient (Wildman–Crippen LogP) is 4.87. The second-order valence-electron chi connectivity index (χ2n) is 11.4. The number of aromatic nitrogens is 1. The van der Waals surface area contributed by atoms with Gasteiger partial charge in [-0.15, -0.1) is 0 Å². The highest BCUT2D eigenvalue weighted by Gasteiger charge is 2.36. The first kappa shape index (κ1) is 30.0. The van der Waals surface area contributed by atoms with E-state index in [4.69, 9.17) is 0 Å². The number of hydrogen-bond acceptors (Lipinski definition) is 6. The standard InChI is InChI=1S/C17H19F2N3O2.C13H17N3O/c1-11(23)21-6-3-12(4-7-21)17(24)22-16(2-5-20-22)13-8-14(18)10-15(19)9-13;1-13(2,3)12(17)16-11(7-9-15-16)10-6-4-5-8-14-10/h5,8-10,12,16H,2-4,6-7H2,1H3;4-6,8-9,11H,7H2,1-3H3/t16-;11-/m00/s1. The zero-order valence-corrected chi connectivity index (χ0v) is 23.8. The molecule has 0 unspecified atom stereocenters. The van der Waals surface area contributed by atoms with E-state index in [0.717, 1.165) is 18.2 Å². The molecule has 0 bridgehead atoms. The summed E-state index contributed by atoms with van der Waals surface area (Å²) in [6.07, 6.45) is 7.44. The van der Waals surface area contributed by atoms with E-state index >= 15 is 0 Å². The van der Waals surface area contributed by atoms with Crippen molar-refractivity contribution in [1.82, 2.24) is 19.9 Å². The summed E-state index contributed by atoms with van der Waals surface area (Å²) in [5, 5.41) is 11.2. The topological polar surface area (TPSA) is 98.5 Å². The fourth-order valence-corrected chi connectivity index (χ4v) is 5.07. The van der Waals surface area contributed by atoms with E-state index in [0.29, 0.717) is 37.9 Å². The SMILES string of the molecule is CC(=O)N1CCC(C(=O)N2N=CC[C@H]2c2cc(F)cc(F)c2)CC1.CC(C)(C)C(=O)N1N=CC[C@H]1c1ccccn1. The van der Waals surface area contributed by atoms with E-state index in [1.165, 1.54) is 24.1 Å². The molecule has 0 saturated carbocycles. The van der Waals surface area contributed by atoms with Crippen LogP contribution in [0.3, 0.4) is 0 Å². The highest BCUT2D eigenvalue weighted by Crippen LogP contribution is 2.33. The fraction of sp³-hybridized carbons (Fsp3) is 0.467. The number of carbonyl (C=O) groups is 3. The fourth-order valence-electron chi connectivity index (χ4n) is 5.07. The number of rotatable bonds is 3. The lowest BCUT2D eigenvalue weighted by Crippen LogP contribution is -2.42. The van der Waals surface area contributed by atoms with Crippen molar-refractivity contribution in [1.29, 1.82) is 0 Å². The summed E-state index contributed by atoms with van der Waals surface area (Å²) < 4.78 is 26.9.